The minimum atomic E-state index is -4.37. The van der Waals surface area contributed by atoms with Crippen LogP contribution in [0.3, 0.4) is 0 Å². The first-order valence-electron chi connectivity index (χ1n) is 5.41. The molecule has 1 N–H and O–H groups in total. The maximum atomic E-state index is 12.7. The van der Waals surface area contributed by atoms with Crippen LogP contribution in [0.1, 0.15) is 5.56 Å². The van der Waals surface area contributed by atoms with E-state index in [1.54, 1.807) is 6.07 Å². The number of nitrogens with one attached hydrogen (secondary N) is 1. The lowest BCUT2D eigenvalue weighted by Crippen LogP contribution is -2.27. The Labute approximate surface area is 104 Å². The Morgan fingerprint density at radius 2 is 1.89 bits per heavy atom. The number of hydrogen-bond donors (Lipinski definition) is 1. The first-order valence-corrected chi connectivity index (χ1v) is 5.41. The van der Waals surface area contributed by atoms with Crippen LogP contribution < -0.4 is 5.32 Å². The van der Waals surface area contributed by atoms with Crippen LogP contribution in [0, 0.1) is 0 Å². The van der Waals surface area contributed by atoms with Crippen molar-refractivity contribution in [3.63, 3.8) is 0 Å². The molecule has 0 heterocycles. The summed E-state index contributed by atoms with van der Waals surface area (Å²) in [6.45, 7) is 0.565. The van der Waals surface area contributed by atoms with Crippen LogP contribution in [0.4, 0.5) is 18.9 Å². The molecule has 1 unspecified atom stereocenters. The second-order valence-electron chi connectivity index (χ2n) is 3.74. The highest BCUT2D eigenvalue weighted by Gasteiger charge is 2.33. The van der Waals surface area contributed by atoms with Gasteiger partial charge in [0, 0.05) is 26.5 Å². The van der Waals surface area contributed by atoms with Gasteiger partial charge in [0.1, 0.15) is 0 Å². The van der Waals surface area contributed by atoms with E-state index in [0.717, 1.165) is 6.07 Å². The lowest BCUT2D eigenvalue weighted by atomic mass is 10.1. The molecule has 0 aromatic heterocycles. The van der Waals surface area contributed by atoms with E-state index in [9.17, 15) is 13.2 Å². The van der Waals surface area contributed by atoms with E-state index in [2.05, 4.69) is 5.32 Å². The normalized spacial score (nSPS) is 13.4. The molecule has 0 radical (unpaired) electrons. The third-order valence-electron chi connectivity index (χ3n) is 2.44. The van der Waals surface area contributed by atoms with Crippen LogP contribution >= 0.6 is 0 Å². The zero-order valence-electron chi connectivity index (χ0n) is 10.3. The van der Waals surface area contributed by atoms with Gasteiger partial charge in [-0.25, -0.2) is 0 Å². The summed E-state index contributed by atoms with van der Waals surface area (Å²) in [5.74, 6) is 0. The van der Waals surface area contributed by atoms with Crippen LogP contribution in [0.5, 0.6) is 0 Å². The van der Waals surface area contributed by atoms with E-state index >= 15 is 0 Å². The fraction of sp³-hybridized carbons (Fsp3) is 0.500. The highest BCUT2D eigenvalue weighted by molar-refractivity contribution is 5.52. The van der Waals surface area contributed by atoms with Gasteiger partial charge >= 0.3 is 6.18 Å². The largest absolute Gasteiger partial charge is 0.418 e. The highest BCUT2D eigenvalue weighted by Crippen LogP contribution is 2.34. The van der Waals surface area contributed by atoms with Crippen LogP contribution in [-0.2, 0) is 15.7 Å². The molecule has 102 valence electrons. The van der Waals surface area contributed by atoms with Crippen LogP contribution in [0.25, 0.3) is 0 Å². The number of anilines is 1. The van der Waals surface area contributed by atoms with Gasteiger partial charge in [-0.15, -0.1) is 0 Å². The zero-order valence-corrected chi connectivity index (χ0v) is 10.3. The molecule has 3 nitrogen and oxygen atoms in total. The standard InChI is InChI=1S/C12H16F3NO2/c1-17-8-9(18-2)7-16-11-6-4-3-5-10(11)12(13,14)15/h3-6,9,16H,7-8H2,1-2H3. The van der Waals surface area contributed by atoms with E-state index in [-0.39, 0.29) is 18.3 Å². The summed E-state index contributed by atoms with van der Waals surface area (Å²) in [4.78, 5) is 0. The number of halogens is 3. The number of para-hydroxylation sites is 1. The summed E-state index contributed by atoms with van der Waals surface area (Å²) in [5, 5.41) is 2.73. The Morgan fingerprint density at radius 3 is 2.44 bits per heavy atom. The minimum absolute atomic E-state index is 0.0446. The number of benzene rings is 1. The van der Waals surface area contributed by atoms with Gasteiger partial charge < -0.3 is 14.8 Å². The second-order valence-corrected chi connectivity index (χ2v) is 3.74. The van der Waals surface area contributed by atoms with Crippen molar-refractivity contribution in [3.8, 4) is 0 Å². The predicted octanol–water partition coefficient (Wildman–Crippen LogP) is 2.78. The summed E-state index contributed by atoms with van der Waals surface area (Å²) in [6.07, 6.45) is -4.66. The van der Waals surface area contributed by atoms with Crippen molar-refractivity contribution in [1.82, 2.24) is 0 Å². The van der Waals surface area contributed by atoms with E-state index in [1.165, 1.54) is 26.4 Å². The average Bonchev–Trinajstić information content (AvgIpc) is 2.33. The van der Waals surface area contributed by atoms with Gasteiger partial charge in [-0.1, -0.05) is 12.1 Å². The predicted molar refractivity (Wildman–Crippen MR) is 62.6 cm³/mol. The monoisotopic (exact) mass is 263 g/mol. The van der Waals surface area contributed by atoms with E-state index in [0.29, 0.717) is 6.61 Å². The summed E-state index contributed by atoms with van der Waals surface area (Å²) in [7, 11) is 3.00. The molecule has 0 bridgehead atoms. The Hall–Kier alpha value is -1.27. The summed E-state index contributed by atoms with van der Waals surface area (Å²) in [6, 6.07) is 5.34. The van der Waals surface area contributed by atoms with Crippen molar-refractivity contribution in [1.29, 1.82) is 0 Å². The molecule has 6 heteroatoms. The molecule has 0 aliphatic carbocycles. The average molecular weight is 263 g/mol. The minimum Gasteiger partial charge on any atom is -0.382 e. The molecule has 0 spiro atoms. The van der Waals surface area contributed by atoms with Gasteiger partial charge in [0.25, 0.3) is 0 Å². The highest BCUT2D eigenvalue weighted by atomic mass is 19.4. The number of alkyl halides is 3. The molecule has 0 saturated heterocycles. The van der Waals surface area contributed by atoms with Crippen molar-refractivity contribution in [2.75, 3.05) is 32.7 Å². The smallest absolute Gasteiger partial charge is 0.382 e. The van der Waals surface area contributed by atoms with E-state index < -0.39 is 11.7 Å². The molecule has 1 atom stereocenters. The Balaban J connectivity index is 2.73. The Kier molecular flexibility index (Phi) is 5.43. The zero-order chi connectivity index (χ0) is 13.6. The quantitative estimate of drug-likeness (QED) is 0.856. The fourth-order valence-electron chi connectivity index (χ4n) is 1.50. The van der Waals surface area contributed by atoms with Gasteiger partial charge in [-0.3, -0.25) is 0 Å². The Morgan fingerprint density at radius 1 is 1.22 bits per heavy atom. The number of hydrogen-bond acceptors (Lipinski definition) is 3. The van der Waals surface area contributed by atoms with Crippen molar-refractivity contribution >= 4 is 5.69 Å². The van der Waals surface area contributed by atoms with Crippen molar-refractivity contribution in [3.05, 3.63) is 29.8 Å². The third kappa shape index (κ3) is 4.19. The van der Waals surface area contributed by atoms with Gasteiger partial charge in [-0.2, -0.15) is 13.2 Å². The second kappa shape index (κ2) is 6.61. The molecule has 1 rings (SSSR count). The van der Waals surface area contributed by atoms with E-state index in [4.69, 9.17) is 9.47 Å². The topological polar surface area (TPSA) is 30.5 Å². The maximum absolute atomic E-state index is 12.7. The summed E-state index contributed by atoms with van der Waals surface area (Å²) >= 11 is 0. The lowest BCUT2D eigenvalue weighted by Gasteiger charge is -2.18. The summed E-state index contributed by atoms with van der Waals surface area (Å²) in [5.41, 5.74) is -0.638. The molecular formula is C12H16F3NO2. The van der Waals surface area contributed by atoms with Gasteiger partial charge in [0.2, 0.25) is 0 Å². The molecule has 0 fully saturated rings. The number of rotatable bonds is 6. The molecule has 1 aromatic rings. The molecule has 0 amide bonds. The molecule has 0 aliphatic rings. The van der Waals surface area contributed by atoms with Crippen molar-refractivity contribution < 1.29 is 22.6 Å². The fourth-order valence-corrected chi connectivity index (χ4v) is 1.50. The SMILES string of the molecule is COCC(CNc1ccccc1C(F)(F)F)OC. The maximum Gasteiger partial charge on any atom is 0.418 e. The molecule has 18 heavy (non-hydrogen) atoms. The van der Waals surface area contributed by atoms with Gasteiger partial charge in [0.05, 0.1) is 18.3 Å². The lowest BCUT2D eigenvalue weighted by molar-refractivity contribution is -0.137. The first-order chi connectivity index (χ1) is 8.49. The molecular weight excluding hydrogens is 247 g/mol. The number of methoxy groups -OCH3 is 2. The molecule has 0 saturated carbocycles. The Bertz CT molecular complexity index is 369. The molecule has 1 aromatic carbocycles. The third-order valence-corrected chi connectivity index (χ3v) is 2.44. The summed E-state index contributed by atoms with van der Waals surface area (Å²) < 4.78 is 48.1. The number of ether oxygens (including phenoxy) is 2. The van der Waals surface area contributed by atoms with Crippen LogP contribution in [0.2, 0.25) is 0 Å². The molecule has 0 aliphatic heterocycles. The van der Waals surface area contributed by atoms with Crippen LogP contribution in [-0.4, -0.2) is 33.5 Å². The van der Waals surface area contributed by atoms with Gasteiger partial charge in [-0.05, 0) is 12.1 Å². The first kappa shape index (κ1) is 14.8. The van der Waals surface area contributed by atoms with Crippen LogP contribution in [0.15, 0.2) is 24.3 Å². The van der Waals surface area contributed by atoms with Gasteiger partial charge in [0.15, 0.2) is 0 Å². The van der Waals surface area contributed by atoms with Crippen molar-refractivity contribution in [2.45, 2.75) is 12.3 Å². The van der Waals surface area contributed by atoms with Crippen molar-refractivity contribution in [2.24, 2.45) is 0 Å². The van der Waals surface area contributed by atoms with E-state index in [1.807, 2.05) is 0 Å².